The summed E-state index contributed by atoms with van der Waals surface area (Å²) in [7, 11) is 0. The van der Waals surface area contributed by atoms with Gasteiger partial charge in [-0.05, 0) is 41.5 Å². The lowest BCUT2D eigenvalue weighted by Gasteiger charge is -2.11. The second kappa shape index (κ2) is 8.01. The van der Waals surface area contributed by atoms with Crippen molar-refractivity contribution in [2.24, 2.45) is 4.99 Å². The van der Waals surface area contributed by atoms with Crippen molar-refractivity contribution in [3.8, 4) is 0 Å². The summed E-state index contributed by atoms with van der Waals surface area (Å²) >= 11 is 5.20. The number of fused-ring (bicyclic) bond motifs is 1. The van der Waals surface area contributed by atoms with Gasteiger partial charge in [-0.3, -0.25) is 4.99 Å². The van der Waals surface area contributed by atoms with Crippen molar-refractivity contribution in [2.45, 2.75) is 13.1 Å². The fourth-order valence-electron chi connectivity index (χ4n) is 2.96. The molecule has 0 aliphatic rings. The molecule has 3 N–H and O–H groups in total. The number of H-pyrrole nitrogens is 2. The lowest BCUT2D eigenvalue weighted by atomic mass is 10.1. The number of benzene rings is 3. The first-order chi connectivity index (χ1) is 13.3. The first kappa shape index (κ1) is 17.2. The smallest absolute Gasteiger partial charge is 0.175 e. The minimum atomic E-state index is 0.624. The predicted octanol–water partition coefficient (Wildman–Crippen LogP) is 4.96. The van der Waals surface area contributed by atoms with E-state index in [1.54, 1.807) is 0 Å². The number of aliphatic imine (C=N–C) groups is 1. The van der Waals surface area contributed by atoms with Crippen LogP contribution < -0.4 is 5.32 Å². The molecule has 3 aromatic carbocycles. The van der Waals surface area contributed by atoms with Crippen molar-refractivity contribution in [1.29, 1.82) is 0 Å². The van der Waals surface area contributed by atoms with E-state index in [9.17, 15) is 0 Å². The number of nitrogens with one attached hydrogen (secondary N) is 3. The summed E-state index contributed by atoms with van der Waals surface area (Å²) in [6, 6.07) is 26.7. The standard InChI is InChI=1S/C22H20N4S/c27-22-25-19-12-11-18(13-20(19)26-22)21(23-14-16-7-3-1-4-8-16)24-15-17-9-5-2-6-10-17/h1-13H,14-15H2,(H,23,24)(H2,25,26,27). The molecule has 5 heteroatoms. The SMILES string of the molecule is S=c1[nH]c2ccc(C(=NCc3ccccc3)NCc3ccccc3)cc2[nH]1. The summed E-state index contributed by atoms with van der Waals surface area (Å²) in [5.74, 6) is 0.866. The van der Waals surface area contributed by atoms with Gasteiger partial charge in [-0.1, -0.05) is 60.7 Å². The number of nitrogens with zero attached hydrogens (tertiary/aromatic N) is 1. The van der Waals surface area contributed by atoms with E-state index < -0.39 is 0 Å². The van der Waals surface area contributed by atoms with Crippen molar-refractivity contribution >= 4 is 29.1 Å². The minimum Gasteiger partial charge on any atom is -0.366 e. The van der Waals surface area contributed by atoms with Gasteiger partial charge >= 0.3 is 0 Å². The first-order valence-electron chi connectivity index (χ1n) is 8.86. The molecule has 1 aromatic heterocycles. The van der Waals surface area contributed by atoms with Gasteiger partial charge in [0, 0.05) is 12.1 Å². The number of hydrogen-bond donors (Lipinski definition) is 3. The minimum absolute atomic E-state index is 0.624. The molecule has 134 valence electrons. The Morgan fingerprint density at radius 2 is 1.48 bits per heavy atom. The van der Waals surface area contributed by atoms with Crippen LogP contribution in [-0.4, -0.2) is 15.8 Å². The highest BCUT2D eigenvalue weighted by Gasteiger charge is 2.06. The maximum Gasteiger partial charge on any atom is 0.175 e. The van der Waals surface area contributed by atoms with E-state index in [1.807, 2.05) is 42.5 Å². The molecule has 4 aromatic rings. The quantitative estimate of drug-likeness (QED) is 0.263. The van der Waals surface area contributed by atoms with Crippen LogP contribution in [0, 0.1) is 4.77 Å². The van der Waals surface area contributed by atoms with Crippen LogP contribution in [0.3, 0.4) is 0 Å². The van der Waals surface area contributed by atoms with Gasteiger partial charge in [0.2, 0.25) is 0 Å². The molecule has 0 radical (unpaired) electrons. The Bertz CT molecular complexity index is 1110. The van der Waals surface area contributed by atoms with Gasteiger partial charge in [0.15, 0.2) is 4.77 Å². The third-order valence-corrected chi connectivity index (χ3v) is 4.56. The summed E-state index contributed by atoms with van der Waals surface area (Å²) in [6.07, 6.45) is 0. The molecular formula is C22H20N4S. The zero-order valence-corrected chi connectivity index (χ0v) is 15.6. The Labute approximate surface area is 163 Å². The molecule has 0 unspecified atom stereocenters. The molecule has 0 spiro atoms. The van der Waals surface area contributed by atoms with E-state index in [4.69, 9.17) is 17.2 Å². The van der Waals surface area contributed by atoms with Gasteiger partial charge in [-0.2, -0.15) is 0 Å². The number of aromatic amines is 2. The molecule has 0 bridgehead atoms. The molecule has 4 nitrogen and oxygen atoms in total. The predicted molar refractivity (Wildman–Crippen MR) is 113 cm³/mol. The number of amidine groups is 1. The molecule has 0 amide bonds. The molecule has 0 saturated carbocycles. The number of rotatable bonds is 5. The van der Waals surface area contributed by atoms with Crippen LogP contribution in [0.15, 0.2) is 83.9 Å². The number of hydrogen-bond acceptors (Lipinski definition) is 2. The lowest BCUT2D eigenvalue weighted by Crippen LogP contribution is -2.24. The van der Waals surface area contributed by atoms with E-state index in [0.29, 0.717) is 11.3 Å². The molecule has 0 aliphatic carbocycles. The van der Waals surface area contributed by atoms with Crippen LogP contribution in [0.5, 0.6) is 0 Å². The van der Waals surface area contributed by atoms with Crippen molar-refractivity contribution in [3.05, 3.63) is 100 Å². The molecule has 0 fully saturated rings. The van der Waals surface area contributed by atoms with Crippen LogP contribution in [0.1, 0.15) is 16.7 Å². The monoisotopic (exact) mass is 372 g/mol. The number of imidazole rings is 1. The van der Waals surface area contributed by atoms with Crippen LogP contribution in [0.25, 0.3) is 11.0 Å². The zero-order chi connectivity index (χ0) is 18.5. The zero-order valence-electron chi connectivity index (χ0n) is 14.8. The number of aromatic nitrogens is 2. The van der Waals surface area contributed by atoms with Crippen molar-refractivity contribution < 1.29 is 0 Å². The van der Waals surface area contributed by atoms with Crippen LogP contribution in [0.2, 0.25) is 0 Å². The van der Waals surface area contributed by atoms with Gasteiger partial charge in [-0.25, -0.2) is 0 Å². The third-order valence-electron chi connectivity index (χ3n) is 4.35. The maximum absolute atomic E-state index is 5.20. The van der Waals surface area contributed by atoms with E-state index in [-0.39, 0.29) is 0 Å². The van der Waals surface area contributed by atoms with Gasteiger partial charge < -0.3 is 15.3 Å². The van der Waals surface area contributed by atoms with Crippen molar-refractivity contribution in [1.82, 2.24) is 15.3 Å². The summed E-state index contributed by atoms with van der Waals surface area (Å²) in [5.41, 5.74) is 5.39. The first-order valence-corrected chi connectivity index (χ1v) is 9.27. The summed E-state index contributed by atoms with van der Waals surface area (Å²) in [5, 5.41) is 3.49. The topological polar surface area (TPSA) is 56.0 Å². The highest BCUT2D eigenvalue weighted by Crippen LogP contribution is 2.14. The molecule has 0 atom stereocenters. The van der Waals surface area contributed by atoms with Crippen LogP contribution in [-0.2, 0) is 13.1 Å². The molecule has 1 heterocycles. The van der Waals surface area contributed by atoms with Crippen molar-refractivity contribution in [3.63, 3.8) is 0 Å². The summed E-state index contributed by atoms with van der Waals surface area (Å²) < 4.78 is 0.627. The van der Waals surface area contributed by atoms with E-state index in [2.05, 4.69) is 51.7 Å². The normalized spacial score (nSPS) is 11.6. The summed E-state index contributed by atoms with van der Waals surface area (Å²) in [4.78, 5) is 11.2. The fraction of sp³-hybridized carbons (Fsp3) is 0.0909. The molecule has 27 heavy (non-hydrogen) atoms. The Hall–Kier alpha value is -3.18. The van der Waals surface area contributed by atoms with E-state index in [1.165, 1.54) is 11.1 Å². The fourth-order valence-corrected chi connectivity index (χ4v) is 3.18. The third kappa shape index (κ3) is 4.33. The molecular weight excluding hydrogens is 352 g/mol. The van der Waals surface area contributed by atoms with Gasteiger partial charge in [-0.15, -0.1) is 0 Å². The maximum atomic E-state index is 5.20. The van der Waals surface area contributed by atoms with E-state index >= 15 is 0 Å². The highest BCUT2D eigenvalue weighted by molar-refractivity contribution is 7.71. The molecule has 0 saturated heterocycles. The average Bonchev–Trinajstić information content (AvgIpc) is 3.09. The van der Waals surface area contributed by atoms with E-state index in [0.717, 1.165) is 29.0 Å². The van der Waals surface area contributed by atoms with Gasteiger partial charge in [0.25, 0.3) is 0 Å². The Morgan fingerprint density at radius 1 is 0.815 bits per heavy atom. The van der Waals surface area contributed by atoms with Gasteiger partial charge in [0.05, 0.1) is 17.6 Å². The average molecular weight is 372 g/mol. The highest BCUT2D eigenvalue weighted by atomic mass is 32.1. The molecule has 0 aliphatic heterocycles. The largest absolute Gasteiger partial charge is 0.366 e. The van der Waals surface area contributed by atoms with Gasteiger partial charge in [0.1, 0.15) is 5.84 Å². The van der Waals surface area contributed by atoms with Crippen LogP contribution in [0.4, 0.5) is 0 Å². The summed E-state index contributed by atoms with van der Waals surface area (Å²) in [6.45, 7) is 1.34. The Kier molecular flexibility index (Phi) is 5.12. The van der Waals surface area contributed by atoms with Crippen molar-refractivity contribution in [2.75, 3.05) is 0 Å². The second-order valence-corrected chi connectivity index (χ2v) is 6.74. The molecule has 4 rings (SSSR count). The Balaban J connectivity index is 1.63. The second-order valence-electron chi connectivity index (χ2n) is 6.33. The van der Waals surface area contributed by atoms with Crippen LogP contribution >= 0.6 is 12.2 Å². The Morgan fingerprint density at radius 3 is 2.22 bits per heavy atom. The lowest BCUT2D eigenvalue weighted by molar-refractivity contribution is 0.896.